The summed E-state index contributed by atoms with van der Waals surface area (Å²) in [5.74, 6) is 0.190. The molecule has 2 heterocycles. The fraction of sp³-hybridized carbons (Fsp3) is 0.321. The third-order valence-corrected chi connectivity index (χ3v) is 7.15. The van der Waals surface area contributed by atoms with Crippen LogP contribution in [0.25, 0.3) is 0 Å². The Morgan fingerprint density at radius 1 is 1.03 bits per heavy atom. The quantitative estimate of drug-likeness (QED) is 0.578. The number of nitrogens with zero attached hydrogens (tertiary/aromatic N) is 3. The molecule has 1 saturated heterocycles. The Bertz CT molecular complexity index is 1300. The van der Waals surface area contributed by atoms with E-state index in [2.05, 4.69) is 22.2 Å². The zero-order chi connectivity index (χ0) is 23.9. The van der Waals surface area contributed by atoms with Gasteiger partial charge in [-0.15, -0.1) is 0 Å². The molecule has 4 aliphatic rings. The molecule has 7 heteroatoms. The smallest absolute Gasteiger partial charge is 0.196 e. The summed E-state index contributed by atoms with van der Waals surface area (Å²) in [4.78, 5) is 36.9. The number of ketones is 2. The molecule has 2 aromatic carbocycles. The Morgan fingerprint density at radius 2 is 1.77 bits per heavy atom. The zero-order valence-electron chi connectivity index (χ0n) is 19.8. The van der Waals surface area contributed by atoms with Gasteiger partial charge in [0.25, 0.3) is 0 Å². The lowest BCUT2D eigenvalue weighted by atomic mass is 9.81. The van der Waals surface area contributed by atoms with Crippen molar-refractivity contribution in [1.29, 1.82) is 0 Å². The van der Waals surface area contributed by atoms with E-state index in [4.69, 9.17) is 9.73 Å². The fourth-order valence-corrected chi connectivity index (χ4v) is 5.17. The van der Waals surface area contributed by atoms with E-state index in [9.17, 15) is 9.59 Å². The number of carbonyl (C=O) groups is 2. The molecular weight excluding hydrogens is 440 g/mol. The van der Waals surface area contributed by atoms with Crippen LogP contribution < -0.4 is 10.1 Å². The van der Waals surface area contributed by atoms with Crippen LogP contribution in [0.1, 0.15) is 38.3 Å². The van der Waals surface area contributed by atoms with E-state index in [0.717, 1.165) is 44.9 Å². The molecule has 7 nitrogen and oxygen atoms in total. The van der Waals surface area contributed by atoms with Crippen LogP contribution in [0.5, 0.6) is 5.75 Å². The summed E-state index contributed by atoms with van der Waals surface area (Å²) in [7, 11) is 2.16. The molecule has 1 fully saturated rings. The van der Waals surface area contributed by atoms with Gasteiger partial charge in [-0.05, 0) is 32.2 Å². The van der Waals surface area contributed by atoms with Crippen LogP contribution >= 0.6 is 0 Å². The average molecular weight is 469 g/mol. The highest BCUT2D eigenvalue weighted by Crippen LogP contribution is 2.46. The summed E-state index contributed by atoms with van der Waals surface area (Å²) in [6.45, 7) is 6.02. The van der Waals surface area contributed by atoms with Gasteiger partial charge in [-0.1, -0.05) is 36.4 Å². The Balaban J connectivity index is 1.34. The largest absolute Gasteiger partial charge is 0.478 e. The van der Waals surface area contributed by atoms with Gasteiger partial charge >= 0.3 is 0 Å². The number of anilines is 1. The minimum absolute atomic E-state index is 0.152. The number of likely N-dealkylation sites (N-methyl/N-ethyl adjacent to an activating group) is 1. The van der Waals surface area contributed by atoms with Crippen molar-refractivity contribution in [3.05, 3.63) is 76.9 Å². The van der Waals surface area contributed by atoms with Crippen molar-refractivity contribution >= 4 is 28.7 Å². The number of allylic oxidation sites excluding steroid dienone is 2. The molecule has 6 rings (SSSR count). The van der Waals surface area contributed by atoms with Crippen LogP contribution in [0.15, 0.2) is 59.6 Å². The molecule has 1 atom stereocenters. The number of rotatable bonds is 5. The normalized spacial score (nSPS) is 20.9. The van der Waals surface area contributed by atoms with Gasteiger partial charge in [0, 0.05) is 55.6 Å². The second-order valence-electron chi connectivity index (χ2n) is 9.47. The number of ether oxygens (including phenoxy) is 1. The van der Waals surface area contributed by atoms with Crippen molar-refractivity contribution in [3.8, 4) is 5.75 Å². The maximum atomic E-state index is 13.7. The second kappa shape index (κ2) is 8.91. The van der Waals surface area contributed by atoms with Crippen molar-refractivity contribution in [1.82, 2.24) is 9.80 Å². The number of carbonyl (C=O) groups excluding carboxylic acids is 2. The highest BCUT2D eigenvalue weighted by atomic mass is 16.5. The van der Waals surface area contributed by atoms with E-state index in [0.29, 0.717) is 45.9 Å². The number of nitrogens with one attached hydrogen (secondary N) is 1. The van der Waals surface area contributed by atoms with Gasteiger partial charge < -0.3 is 19.9 Å². The standard InChI is InChI=1S/C28H28N4O3/c1-31-13-15-32(16-14-31)12-6-11-29-21-17-23-26(30-20-9-4-5-10-22(20)35-23)25-24(21)27(33)18-7-2-3-8-19(18)28(25)34/h2-5,7-10,17,22,29H,6,11-16H2,1H3. The number of benzene rings is 2. The third-order valence-electron chi connectivity index (χ3n) is 7.15. The molecule has 2 aromatic rings. The Morgan fingerprint density at radius 3 is 2.54 bits per heavy atom. The van der Waals surface area contributed by atoms with Crippen molar-refractivity contribution < 1.29 is 14.3 Å². The summed E-state index contributed by atoms with van der Waals surface area (Å²) >= 11 is 0. The molecule has 0 bridgehead atoms. The van der Waals surface area contributed by atoms with E-state index in [1.165, 1.54) is 0 Å². The van der Waals surface area contributed by atoms with Gasteiger partial charge in [0.05, 0.1) is 16.8 Å². The van der Waals surface area contributed by atoms with Crippen LogP contribution in [0.4, 0.5) is 11.4 Å². The second-order valence-corrected chi connectivity index (χ2v) is 9.47. The first-order valence-electron chi connectivity index (χ1n) is 12.2. The molecule has 178 valence electrons. The first-order chi connectivity index (χ1) is 17.1. The molecule has 0 aromatic heterocycles. The van der Waals surface area contributed by atoms with Crippen LogP contribution in [-0.2, 0) is 0 Å². The van der Waals surface area contributed by atoms with Gasteiger partial charge in [0.15, 0.2) is 17.7 Å². The number of piperazine rings is 1. The molecule has 2 aliphatic carbocycles. The lowest BCUT2D eigenvalue weighted by Gasteiger charge is -2.32. The van der Waals surface area contributed by atoms with Crippen LogP contribution in [0.3, 0.4) is 0 Å². The van der Waals surface area contributed by atoms with Crippen molar-refractivity contribution in [2.75, 3.05) is 51.6 Å². The van der Waals surface area contributed by atoms with E-state index < -0.39 is 0 Å². The highest BCUT2D eigenvalue weighted by molar-refractivity contribution is 6.32. The lowest BCUT2D eigenvalue weighted by Crippen LogP contribution is -2.44. The van der Waals surface area contributed by atoms with Crippen molar-refractivity contribution in [3.63, 3.8) is 0 Å². The Kier molecular flexibility index (Phi) is 5.59. The van der Waals surface area contributed by atoms with Gasteiger partial charge in [-0.25, -0.2) is 4.99 Å². The summed E-state index contributed by atoms with van der Waals surface area (Å²) in [6, 6.07) is 8.86. The summed E-state index contributed by atoms with van der Waals surface area (Å²) < 4.78 is 6.24. The Labute approximate surface area is 204 Å². The predicted molar refractivity (Wildman–Crippen MR) is 137 cm³/mol. The molecule has 0 radical (unpaired) electrons. The number of hydrogen-bond acceptors (Lipinski definition) is 7. The van der Waals surface area contributed by atoms with Gasteiger partial charge in [0.1, 0.15) is 11.4 Å². The first-order valence-corrected chi connectivity index (χ1v) is 12.2. The molecule has 35 heavy (non-hydrogen) atoms. The molecule has 0 spiro atoms. The predicted octanol–water partition coefficient (Wildman–Crippen LogP) is 3.47. The molecule has 1 unspecified atom stereocenters. The van der Waals surface area contributed by atoms with E-state index in [-0.39, 0.29) is 17.7 Å². The number of aliphatic imine (C=N–C) groups is 1. The number of hydrogen-bond donors (Lipinski definition) is 1. The van der Waals surface area contributed by atoms with Crippen LogP contribution in [0.2, 0.25) is 0 Å². The molecule has 0 amide bonds. The number of fused-ring (bicyclic) bond motifs is 5. The fourth-order valence-electron chi connectivity index (χ4n) is 5.17. The first kappa shape index (κ1) is 21.9. The molecule has 0 saturated carbocycles. The van der Waals surface area contributed by atoms with Gasteiger partial charge in [0.2, 0.25) is 0 Å². The monoisotopic (exact) mass is 468 g/mol. The average Bonchev–Trinajstić information content (AvgIpc) is 2.89. The van der Waals surface area contributed by atoms with Gasteiger partial charge in [-0.2, -0.15) is 0 Å². The molecule has 1 N–H and O–H groups in total. The SMILES string of the molecule is CN1CCN(CCCNc2cc3c(c4c2C(=O)c2ccccc2C4=O)N=C2C=CC=CC2O3)CC1. The summed E-state index contributed by atoms with van der Waals surface area (Å²) in [5.41, 5.74) is 3.40. The van der Waals surface area contributed by atoms with Crippen LogP contribution in [-0.4, -0.2) is 79.5 Å². The maximum absolute atomic E-state index is 13.7. The summed E-state index contributed by atoms with van der Waals surface area (Å²) in [6.07, 6.45) is 8.29. The third kappa shape index (κ3) is 3.90. The van der Waals surface area contributed by atoms with Gasteiger partial charge in [-0.3, -0.25) is 9.59 Å². The van der Waals surface area contributed by atoms with Crippen molar-refractivity contribution in [2.24, 2.45) is 4.99 Å². The minimum Gasteiger partial charge on any atom is -0.478 e. The Hall–Kier alpha value is -3.55. The zero-order valence-corrected chi connectivity index (χ0v) is 19.8. The van der Waals surface area contributed by atoms with Crippen LogP contribution in [0, 0.1) is 0 Å². The summed E-state index contributed by atoms with van der Waals surface area (Å²) in [5, 5.41) is 3.45. The van der Waals surface area contributed by atoms with E-state index >= 15 is 0 Å². The molecule has 2 aliphatic heterocycles. The topological polar surface area (TPSA) is 74.2 Å². The minimum atomic E-state index is -0.294. The lowest BCUT2D eigenvalue weighted by molar-refractivity contribution is 0.0979. The maximum Gasteiger partial charge on any atom is 0.196 e. The molecular formula is C28H28N4O3. The van der Waals surface area contributed by atoms with Crippen molar-refractivity contribution in [2.45, 2.75) is 12.5 Å². The highest BCUT2D eigenvalue weighted by Gasteiger charge is 2.37. The van der Waals surface area contributed by atoms with E-state index in [1.54, 1.807) is 24.3 Å². The van der Waals surface area contributed by atoms with E-state index in [1.807, 2.05) is 30.4 Å².